The second-order valence-electron chi connectivity index (χ2n) is 5.07. The Labute approximate surface area is 123 Å². The largest absolute Gasteiger partial charge is 0.385 e. The molecule has 2 aromatic rings. The zero-order valence-corrected chi connectivity index (χ0v) is 12.3. The van der Waals surface area contributed by atoms with E-state index in [1.807, 2.05) is 36.6 Å². The van der Waals surface area contributed by atoms with Crippen molar-refractivity contribution in [2.75, 3.05) is 11.9 Å². The molecule has 1 aliphatic rings. The number of anilines is 1. The Morgan fingerprint density at radius 3 is 3.05 bits per heavy atom. The highest BCUT2D eigenvalue weighted by molar-refractivity contribution is 7.10. The number of thiophene rings is 1. The Morgan fingerprint density at radius 1 is 1.35 bits per heavy atom. The van der Waals surface area contributed by atoms with Crippen LogP contribution in [0, 0.1) is 0 Å². The fraction of sp³-hybridized carbons (Fsp3) is 0.312. The van der Waals surface area contributed by atoms with Gasteiger partial charge in [0, 0.05) is 22.7 Å². The number of hydrogen-bond acceptors (Lipinski definition) is 3. The van der Waals surface area contributed by atoms with Crippen LogP contribution in [0.4, 0.5) is 5.69 Å². The fourth-order valence-corrected chi connectivity index (χ4v) is 3.34. The number of hydrogen-bond donors (Lipinski definition) is 2. The van der Waals surface area contributed by atoms with Gasteiger partial charge in [-0.1, -0.05) is 12.1 Å². The normalized spacial score (nSPS) is 15.1. The maximum Gasteiger partial charge on any atom is 0.252 e. The van der Waals surface area contributed by atoms with Crippen molar-refractivity contribution in [3.8, 4) is 0 Å². The lowest BCUT2D eigenvalue weighted by Gasteiger charge is -2.21. The molecule has 0 saturated carbocycles. The number of carbonyl (C=O) groups is 1. The molecule has 0 aliphatic carbocycles. The second-order valence-corrected chi connectivity index (χ2v) is 6.05. The highest BCUT2D eigenvalue weighted by Gasteiger charge is 2.19. The summed E-state index contributed by atoms with van der Waals surface area (Å²) >= 11 is 1.67. The van der Waals surface area contributed by atoms with Crippen LogP contribution >= 0.6 is 11.3 Å². The lowest BCUT2D eigenvalue weighted by Crippen LogP contribution is -2.28. The van der Waals surface area contributed by atoms with Gasteiger partial charge in [0.25, 0.3) is 5.91 Å². The van der Waals surface area contributed by atoms with Crippen molar-refractivity contribution in [3.63, 3.8) is 0 Å². The smallest absolute Gasteiger partial charge is 0.252 e. The van der Waals surface area contributed by atoms with Gasteiger partial charge in [0.15, 0.2) is 0 Å². The van der Waals surface area contributed by atoms with E-state index >= 15 is 0 Å². The van der Waals surface area contributed by atoms with Crippen molar-refractivity contribution in [1.29, 1.82) is 0 Å². The summed E-state index contributed by atoms with van der Waals surface area (Å²) in [6, 6.07) is 10.0. The summed E-state index contributed by atoms with van der Waals surface area (Å²) in [6.07, 6.45) is 2.05. The van der Waals surface area contributed by atoms with Gasteiger partial charge in [-0.3, -0.25) is 4.79 Å². The number of carbonyl (C=O) groups excluding carboxylic acids is 1. The van der Waals surface area contributed by atoms with Crippen LogP contribution in [0.1, 0.15) is 40.2 Å². The molecule has 1 atom stereocenters. The van der Waals surface area contributed by atoms with E-state index in [9.17, 15) is 4.79 Å². The standard InChI is InChI=1S/C16H18N2OS/c1-11(15-8-4-10-20-15)18-16(19)13-5-2-7-14-12(13)6-3-9-17-14/h2,4-5,7-8,10-11,17H,3,6,9H2,1H3,(H,18,19). The highest BCUT2D eigenvalue weighted by Crippen LogP contribution is 2.26. The first-order chi connectivity index (χ1) is 9.75. The molecule has 1 aromatic carbocycles. The Balaban J connectivity index is 1.81. The molecule has 1 amide bonds. The molecule has 1 aromatic heterocycles. The van der Waals surface area contributed by atoms with Gasteiger partial charge >= 0.3 is 0 Å². The fourth-order valence-electron chi connectivity index (χ4n) is 2.61. The van der Waals surface area contributed by atoms with E-state index in [-0.39, 0.29) is 11.9 Å². The van der Waals surface area contributed by atoms with Crippen molar-refractivity contribution in [2.24, 2.45) is 0 Å². The minimum atomic E-state index is 0.0199. The maximum atomic E-state index is 12.5. The molecule has 3 rings (SSSR count). The lowest BCUT2D eigenvalue weighted by molar-refractivity contribution is 0.0939. The quantitative estimate of drug-likeness (QED) is 0.905. The number of amides is 1. The number of benzene rings is 1. The predicted octanol–water partition coefficient (Wildman–Crippen LogP) is 3.60. The van der Waals surface area contributed by atoms with E-state index in [0.29, 0.717) is 0 Å². The molecule has 1 aliphatic heterocycles. The number of fused-ring (bicyclic) bond motifs is 1. The molecule has 1 unspecified atom stereocenters. The first-order valence-electron chi connectivity index (χ1n) is 6.96. The Kier molecular flexibility index (Phi) is 3.74. The maximum absolute atomic E-state index is 12.5. The van der Waals surface area contributed by atoms with Crippen LogP contribution in [-0.4, -0.2) is 12.5 Å². The van der Waals surface area contributed by atoms with Crippen molar-refractivity contribution in [3.05, 3.63) is 51.7 Å². The molecular formula is C16H18N2OS. The molecule has 20 heavy (non-hydrogen) atoms. The monoisotopic (exact) mass is 286 g/mol. The van der Waals surface area contributed by atoms with Crippen LogP contribution in [0.25, 0.3) is 0 Å². The molecule has 2 N–H and O–H groups in total. The first kappa shape index (κ1) is 13.2. The van der Waals surface area contributed by atoms with Crippen LogP contribution < -0.4 is 10.6 Å². The Hall–Kier alpha value is -1.81. The molecule has 0 spiro atoms. The summed E-state index contributed by atoms with van der Waals surface area (Å²) in [7, 11) is 0. The third kappa shape index (κ3) is 2.56. The zero-order valence-electron chi connectivity index (χ0n) is 11.5. The van der Waals surface area contributed by atoms with Crippen molar-refractivity contribution >= 4 is 22.9 Å². The van der Waals surface area contributed by atoms with E-state index in [2.05, 4.69) is 16.7 Å². The van der Waals surface area contributed by atoms with Crippen LogP contribution in [0.15, 0.2) is 35.7 Å². The third-order valence-electron chi connectivity index (χ3n) is 3.66. The van der Waals surface area contributed by atoms with E-state index in [4.69, 9.17) is 0 Å². The topological polar surface area (TPSA) is 41.1 Å². The Morgan fingerprint density at radius 2 is 2.25 bits per heavy atom. The third-order valence-corrected chi connectivity index (χ3v) is 4.71. The summed E-state index contributed by atoms with van der Waals surface area (Å²) < 4.78 is 0. The van der Waals surface area contributed by atoms with Crippen LogP contribution in [0.5, 0.6) is 0 Å². The molecule has 3 nitrogen and oxygen atoms in total. The average molecular weight is 286 g/mol. The molecule has 4 heteroatoms. The molecule has 104 valence electrons. The molecule has 2 heterocycles. The van der Waals surface area contributed by atoms with Crippen LogP contribution in [0.3, 0.4) is 0 Å². The predicted molar refractivity (Wildman–Crippen MR) is 83.5 cm³/mol. The minimum Gasteiger partial charge on any atom is -0.385 e. The van der Waals surface area contributed by atoms with Gasteiger partial charge < -0.3 is 10.6 Å². The molecule has 0 saturated heterocycles. The van der Waals surface area contributed by atoms with E-state index in [0.717, 1.165) is 36.2 Å². The summed E-state index contributed by atoms with van der Waals surface area (Å²) in [5.41, 5.74) is 3.06. The minimum absolute atomic E-state index is 0.0199. The van der Waals surface area contributed by atoms with Crippen molar-refractivity contribution in [2.45, 2.75) is 25.8 Å². The van der Waals surface area contributed by atoms with Gasteiger partial charge in [-0.25, -0.2) is 0 Å². The SMILES string of the molecule is CC(NC(=O)c1cccc2c1CCCN2)c1cccs1. The molecule has 0 radical (unpaired) electrons. The van der Waals surface area contributed by atoms with Gasteiger partial charge in [0.05, 0.1) is 6.04 Å². The number of rotatable bonds is 3. The first-order valence-corrected chi connectivity index (χ1v) is 7.83. The van der Waals surface area contributed by atoms with Gasteiger partial charge in [0.1, 0.15) is 0 Å². The zero-order chi connectivity index (χ0) is 13.9. The lowest BCUT2D eigenvalue weighted by atomic mass is 9.97. The number of nitrogens with one attached hydrogen (secondary N) is 2. The Bertz CT molecular complexity index is 607. The molecule has 0 fully saturated rings. The second kappa shape index (κ2) is 5.67. The van der Waals surface area contributed by atoms with Crippen LogP contribution in [0.2, 0.25) is 0 Å². The summed E-state index contributed by atoms with van der Waals surface area (Å²) in [5, 5.41) is 8.49. The van der Waals surface area contributed by atoms with Crippen molar-refractivity contribution in [1.82, 2.24) is 5.32 Å². The van der Waals surface area contributed by atoms with Gasteiger partial charge in [-0.15, -0.1) is 11.3 Å². The summed E-state index contributed by atoms with van der Waals surface area (Å²) in [4.78, 5) is 13.7. The van der Waals surface area contributed by atoms with E-state index in [1.54, 1.807) is 11.3 Å². The van der Waals surface area contributed by atoms with Crippen molar-refractivity contribution < 1.29 is 4.79 Å². The van der Waals surface area contributed by atoms with Crippen LogP contribution in [-0.2, 0) is 6.42 Å². The van der Waals surface area contributed by atoms with Gasteiger partial charge in [0.2, 0.25) is 0 Å². The average Bonchev–Trinajstić information content (AvgIpc) is 3.01. The highest BCUT2D eigenvalue weighted by atomic mass is 32.1. The van der Waals surface area contributed by atoms with E-state index < -0.39 is 0 Å². The van der Waals surface area contributed by atoms with Gasteiger partial charge in [-0.2, -0.15) is 0 Å². The molecular weight excluding hydrogens is 268 g/mol. The van der Waals surface area contributed by atoms with Gasteiger partial charge in [-0.05, 0) is 48.9 Å². The van der Waals surface area contributed by atoms with E-state index in [1.165, 1.54) is 4.88 Å². The summed E-state index contributed by atoms with van der Waals surface area (Å²) in [6.45, 7) is 3.01. The molecule has 0 bridgehead atoms. The summed E-state index contributed by atoms with van der Waals surface area (Å²) in [5.74, 6) is 0.0199.